The molecule has 0 radical (unpaired) electrons. The predicted octanol–water partition coefficient (Wildman–Crippen LogP) is 2.74. The van der Waals surface area contributed by atoms with Crippen LogP contribution in [0.15, 0.2) is 36.5 Å². The molecule has 0 amide bonds. The minimum atomic E-state index is -1.16. The van der Waals surface area contributed by atoms with Crippen molar-refractivity contribution in [1.82, 2.24) is 4.98 Å². The van der Waals surface area contributed by atoms with Gasteiger partial charge in [0.2, 0.25) is 0 Å². The lowest BCUT2D eigenvalue weighted by Crippen LogP contribution is -2.04. The summed E-state index contributed by atoms with van der Waals surface area (Å²) in [5, 5.41) is 22.7. The number of pyridine rings is 1. The number of carboxylic acid groups (broad SMARTS) is 1. The molecule has 0 aliphatic carbocycles. The van der Waals surface area contributed by atoms with Crippen LogP contribution in [0, 0.1) is 17.0 Å². The Morgan fingerprint density at radius 3 is 2.65 bits per heavy atom. The van der Waals surface area contributed by atoms with E-state index in [0.717, 1.165) is 11.8 Å². The van der Waals surface area contributed by atoms with Gasteiger partial charge in [-0.1, -0.05) is 0 Å². The zero-order chi connectivity index (χ0) is 14.7. The monoisotopic (exact) mass is 273 g/mol. The number of nitro benzene ring substituents is 1. The Kier molecular flexibility index (Phi) is 3.60. The van der Waals surface area contributed by atoms with Gasteiger partial charge in [-0.15, -0.1) is 0 Å². The first kappa shape index (κ1) is 13.5. The molecule has 2 rings (SSSR count). The molecular formula is C13H11N3O4. The van der Waals surface area contributed by atoms with Crippen molar-refractivity contribution in [2.45, 2.75) is 6.92 Å². The van der Waals surface area contributed by atoms with Gasteiger partial charge in [-0.05, 0) is 25.1 Å². The molecule has 0 bridgehead atoms. The van der Waals surface area contributed by atoms with Crippen LogP contribution < -0.4 is 5.32 Å². The van der Waals surface area contributed by atoms with Crippen molar-refractivity contribution in [3.05, 3.63) is 57.9 Å². The molecule has 2 aromatic rings. The molecule has 1 aromatic heterocycles. The average molecular weight is 273 g/mol. The van der Waals surface area contributed by atoms with Gasteiger partial charge in [0.05, 0.1) is 28.1 Å². The summed E-state index contributed by atoms with van der Waals surface area (Å²) in [6.07, 6.45) is 1.53. The average Bonchev–Trinajstić information content (AvgIpc) is 2.41. The molecule has 102 valence electrons. The van der Waals surface area contributed by atoms with E-state index in [1.165, 1.54) is 18.3 Å². The molecule has 1 heterocycles. The number of carboxylic acids is 1. The van der Waals surface area contributed by atoms with Gasteiger partial charge in [0, 0.05) is 17.8 Å². The number of carbonyl (C=O) groups is 1. The number of nitrogens with one attached hydrogen (secondary N) is 1. The quantitative estimate of drug-likeness (QED) is 0.655. The van der Waals surface area contributed by atoms with Crippen molar-refractivity contribution < 1.29 is 14.8 Å². The maximum absolute atomic E-state index is 11.1. The minimum absolute atomic E-state index is 0.0452. The number of non-ortho nitro benzene ring substituents is 1. The molecule has 20 heavy (non-hydrogen) atoms. The van der Waals surface area contributed by atoms with Gasteiger partial charge < -0.3 is 10.4 Å². The third-order valence-corrected chi connectivity index (χ3v) is 2.63. The molecule has 1 aromatic carbocycles. The van der Waals surface area contributed by atoms with Gasteiger partial charge in [0.25, 0.3) is 5.69 Å². The number of nitrogens with zero attached hydrogens (tertiary/aromatic N) is 2. The Labute approximate surface area is 114 Å². The molecule has 0 saturated carbocycles. The Morgan fingerprint density at radius 1 is 1.35 bits per heavy atom. The fourth-order valence-corrected chi connectivity index (χ4v) is 1.63. The third kappa shape index (κ3) is 2.89. The van der Waals surface area contributed by atoms with Crippen LogP contribution in [0.25, 0.3) is 0 Å². The number of aromatic carboxylic acids is 1. The molecule has 0 saturated heterocycles. The topological polar surface area (TPSA) is 105 Å². The Balaban J connectivity index is 2.41. The number of aryl methyl sites for hydroxylation is 1. The van der Waals surface area contributed by atoms with E-state index in [9.17, 15) is 14.9 Å². The van der Waals surface area contributed by atoms with E-state index >= 15 is 0 Å². The molecular weight excluding hydrogens is 262 g/mol. The van der Waals surface area contributed by atoms with Gasteiger partial charge in [-0.25, -0.2) is 4.79 Å². The lowest BCUT2D eigenvalue weighted by atomic mass is 10.1. The second kappa shape index (κ2) is 5.35. The van der Waals surface area contributed by atoms with E-state index in [1.807, 2.05) is 6.92 Å². The molecule has 0 spiro atoms. The predicted molar refractivity (Wildman–Crippen MR) is 72.3 cm³/mol. The number of hydrogen-bond acceptors (Lipinski definition) is 5. The second-order valence-electron chi connectivity index (χ2n) is 4.11. The Bertz CT molecular complexity index is 668. The van der Waals surface area contributed by atoms with Crippen molar-refractivity contribution in [3.63, 3.8) is 0 Å². The number of rotatable bonds is 4. The summed E-state index contributed by atoms with van der Waals surface area (Å²) in [6.45, 7) is 1.82. The molecule has 0 aliphatic rings. The minimum Gasteiger partial charge on any atom is -0.478 e. The van der Waals surface area contributed by atoms with Crippen LogP contribution in [0.3, 0.4) is 0 Å². The van der Waals surface area contributed by atoms with Crippen molar-refractivity contribution in [2.24, 2.45) is 0 Å². The number of nitro groups is 1. The fraction of sp³-hybridized carbons (Fsp3) is 0.0769. The van der Waals surface area contributed by atoms with Gasteiger partial charge >= 0.3 is 5.97 Å². The summed E-state index contributed by atoms with van der Waals surface area (Å²) in [5.41, 5.74) is 1.29. The smallest absolute Gasteiger partial charge is 0.337 e. The Morgan fingerprint density at radius 2 is 2.10 bits per heavy atom. The molecule has 0 fully saturated rings. The molecule has 0 unspecified atom stereocenters. The van der Waals surface area contributed by atoms with E-state index in [0.29, 0.717) is 5.69 Å². The first-order valence-corrected chi connectivity index (χ1v) is 5.69. The molecule has 7 heteroatoms. The lowest BCUT2D eigenvalue weighted by Gasteiger charge is -2.09. The van der Waals surface area contributed by atoms with Gasteiger partial charge in [-0.2, -0.15) is 0 Å². The zero-order valence-electron chi connectivity index (χ0n) is 10.5. The summed E-state index contributed by atoms with van der Waals surface area (Å²) in [4.78, 5) is 25.4. The van der Waals surface area contributed by atoms with Crippen LogP contribution in [0.2, 0.25) is 0 Å². The standard InChI is InChI=1S/C13H11N3O4/c1-8-2-3-9(7-14-8)15-12-6-10(16(19)20)4-5-11(12)13(17)18/h2-7,15H,1H3,(H,17,18). The van der Waals surface area contributed by atoms with Crippen LogP contribution in [-0.2, 0) is 0 Å². The number of benzene rings is 1. The van der Waals surface area contributed by atoms with Crippen LogP contribution in [0.1, 0.15) is 16.1 Å². The zero-order valence-corrected chi connectivity index (χ0v) is 10.5. The van der Waals surface area contributed by atoms with Crippen molar-refractivity contribution >= 4 is 23.0 Å². The molecule has 0 aliphatic heterocycles. The summed E-state index contributed by atoms with van der Waals surface area (Å²) in [6, 6.07) is 7.00. The van der Waals surface area contributed by atoms with Crippen LogP contribution in [0.5, 0.6) is 0 Å². The first-order chi connectivity index (χ1) is 9.47. The van der Waals surface area contributed by atoms with Gasteiger partial charge in [-0.3, -0.25) is 15.1 Å². The fourth-order valence-electron chi connectivity index (χ4n) is 1.63. The lowest BCUT2D eigenvalue weighted by molar-refractivity contribution is -0.384. The normalized spacial score (nSPS) is 10.1. The summed E-state index contributed by atoms with van der Waals surface area (Å²) < 4.78 is 0. The molecule has 2 N–H and O–H groups in total. The molecule has 0 atom stereocenters. The third-order valence-electron chi connectivity index (χ3n) is 2.63. The highest BCUT2D eigenvalue weighted by Crippen LogP contribution is 2.25. The summed E-state index contributed by atoms with van der Waals surface area (Å²) in [5.74, 6) is -1.16. The van der Waals surface area contributed by atoms with Crippen LogP contribution >= 0.6 is 0 Å². The van der Waals surface area contributed by atoms with E-state index in [1.54, 1.807) is 12.1 Å². The van der Waals surface area contributed by atoms with E-state index < -0.39 is 10.9 Å². The maximum Gasteiger partial charge on any atom is 0.337 e. The highest BCUT2D eigenvalue weighted by atomic mass is 16.6. The number of hydrogen-bond donors (Lipinski definition) is 2. The highest BCUT2D eigenvalue weighted by Gasteiger charge is 2.15. The van der Waals surface area contributed by atoms with Crippen molar-refractivity contribution in [3.8, 4) is 0 Å². The SMILES string of the molecule is Cc1ccc(Nc2cc([N+](=O)[O-])ccc2C(=O)O)cn1. The summed E-state index contributed by atoms with van der Waals surface area (Å²) >= 11 is 0. The number of anilines is 2. The first-order valence-electron chi connectivity index (χ1n) is 5.69. The highest BCUT2D eigenvalue weighted by molar-refractivity contribution is 5.95. The maximum atomic E-state index is 11.1. The Hall–Kier alpha value is -2.96. The number of aromatic nitrogens is 1. The van der Waals surface area contributed by atoms with E-state index in [-0.39, 0.29) is 16.9 Å². The van der Waals surface area contributed by atoms with E-state index in [2.05, 4.69) is 10.3 Å². The van der Waals surface area contributed by atoms with Gasteiger partial charge in [0.15, 0.2) is 0 Å². The van der Waals surface area contributed by atoms with E-state index in [4.69, 9.17) is 5.11 Å². The van der Waals surface area contributed by atoms with Crippen LogP contribution in [-0.4, -0.2) is 21.0 Å². The second-order valence-corrected chi connectivity index (χ2v) is 4.11. The van der Waals surface area contributed by atoms with Crippen molar-refractivity contribution in [2.75, 3.05) is 5.32 Å². The summed E-state index contributed by atoms with van der Waals surface area (Å²) in [7, 11) is 0. The van der Waals surface area contributed by atoms with Crippen molar-refractivity contribution in [1.29, 1.82) is 0 Å². The van der Waals surface area contributed by atoms with Crippen LogP contribution in [0.4, 0.5) is 17.1 Å². The van der Waals surface area contributed by atoms with Gasteiger partial charge in [0.1, 0.15) is 0 Å². The largest absolute Gasteiger partial charge is 0.478 e. The molecule has 7 nitrogen and oxygen atoms in total.